The van der Waals surface area contributed by atoms with Gasteiger partial charge in [0.1, 0.15) is 17.3 Å². The summed E-state index contributed by atoms with van der Waals surface area (Å²) in [5.74, 6) is -0.956. The first-order chi connectivity index (χ1) is 9.95. The van der Waals surface area contributed by atoms with Gasteiger partial charge in [-0.1, -0.05) is 0 Å². The van der Waals surface area contributed by atoms with Gasteiger partial charge in [-0.15, -0.1) is 0 Å². The molecule has 1 N–H and O–H groups in total. The van der Waals surface area contributed by atoms with E-state index in [-0.39, 0.29) is 11.2 Å². The van der Waals surface area contributed by atoms with Gasteiger partial charge in [-0.3, -0.25) is 0 Å². The summed E-state index contributed by atoms with van der Waals surface area (Å²) in [5, 5.41) is 3.09. The van der Waals surface area contributed by atoms with Gasteiger partial charge in [0.2, 0.25) is 0 Å². The molecule has 1 aliphatic heterocycles. The number of ether oxygens (including phenoxy) is 1. The summed E-state index contributed by atoms with van der Waals surface area (Å²) < 4.78 is 33.6. The van der Waals surface area contributed by atoms with Crippen LogP contribution in [0.2, 0.25) is 0 Å². The Balaban J connectivity index is 2.14. The summed E-state index contributed by atoms with van der Waals surface area (Å²) in [5.41, 5.74) is 0.528. The van der Waals surface area contributed by atoms with E-state index in [1.807, 2.05) is 18.7 Å². The number of hydrogen-bond acceptors (Lipinski definition) is 3. The molecule has 118 valence electrons. The molecule has 1 saturated heterocycles. The fourth-order valence-electron chi connectivity index (χ4n) is 2.91. The Bertz CT molecular complexity index is 468. The van der Waals surface area contributed by atoms with Crippen molar-refractivity contribution in [3.8, 4) is 0 Å². The maximum Gasteiger partial charge on any atom is 0.149 e. The van der Waals surface area contributed by atoms with Crippen LogP contribution < -0.4 is 10.2 Å². The summed E-state index contributed by atoms with van der Waals surface area (Å²) in [4.78, 5) is 1.85. The minimum absolute atomic E-state index is 0.109. The van der Waals surface area contributed by atoms with Gasteiger partial charge in [-0.25, -0.2) is 8.78 Å². The first-order valence-electron chi connectivity index (χ1n) is 7.41. The molecule has 0 atom stereocenters. The first-order valence-corrected chi connectivity index (χ1v) is 7.41. The molecule has 0 unspecified atom stereocenters. The molecule has 1 aromatic carbocycles. The van der Waals surface area contributed by atoms with E-state index in [1.165, 1.54) is 12.1 Å². The molecule has 1 fully saturated rings. The van der Waals surface area contributed by atoms with Crippen LogP contribution in [0.25, 0.3) is 0 Å². The first kappa shape index (κ1) is 16.2. The summed E-state index contributed by atoms with van der Waals surface area (Å²) in [6.07, 6.45) is 1.92. The summed E-state index contributed by atoms with van der Waals surface area (Å²) in [7, 11) is 1.62. The molecule has 0 radical (unpaired) electrons. The average Bonchev–Trinajstić information content (AvgIpc) is 2.74. The molecule has 3 nitrogen and oxygen atoms in total. The van der Waals surface area contributed by atoms with Crippen molar-refractivity contribution < 1.29 is 13.5 Å². The predicted octanol–water partition coefficient (Wildman–Crippen LogP) is 3.08. The lowest BCUT2D eigenvalue weighted by Crippen LogP contribution is -2.39. The van der Waals surface area contributed by atoms with Gasteiger partial charge < -0.3 is 15.0 Å². The predicted molar refractivity (Wildman–Crippen MR) is 80.6 cm³/mol. The highest BCUT2D eigenvalue weighted by atomic mass is 19.1. The molecule has 5 heteroatoms. The van der Waals surface area contributed by atoms with Crippen LogP contribution in [0.1, 0.15) is 32.3 Å². The molecular formula is C16H24F2N2O. The number of anilines is 1. The van der Waals surface area contributed by atoms with Gasteiger partial charge in [-0.05, 0) is 44.4 Å². The van der Waals surface area contributed by atoms with Gasteiger partial charge in [-0.2, -0.15) is 0 Å². The van der Waals surface area contributed by atoms with Gasteiger partial charge in [0.05, 0.1) is 6.61 Å². The fourth-order valence-corrected chi connectivity index (χ4v) is 2.91. The number of nitrogens with one attached hydrogen (secondary N) is 1. The zero-order chi connectivity index (χ0) is 15.5. The summed E-state index contributed by atoms with van der Waals surface area (Å²) >= 11 is 0. The van der Waals surface area contributed by atoms with Crippen molar-refractivity contribution in [1.82, 2.24) is 5.32 Å². The van der Waals surface area contributed by atoms with Crippen LogP contribution in [-0.4, -0.2) is 32.3 Å². The Labute approximate surface area is 125 Å². The maximum absolute atomic E-state index is 14.3. The minimum Gasteiger partial charge on any atom is -0.383 e. The number of halogens is 2. The third kappa shape index (κ3) is 3.71. The van der Waals surface area contributed by atoms with E-state index in [2.05, 4.69) is 5.32 Å². The average molecular weight is 298 g/mol. The van der Waals surface area contributed by atoms with E-state index < -0.39 is 11.6 Å². The fraction of sp³-hybridized carbons (Fsp3) is 0.625. The van der Waals surface area contributed by atoms with Gasteiger partial charge >= 0.3 is 0 Å². The number of rotatable bonds is 6. The van der Waals surface area contributed by atoms with E-state index in [4.69, 9.17) is 4.74 Å². The van der Waals surface area contributed by atoms with Gasteiger partial charge in [0, 0.05) is 32.3 Å². The molecule has 0 aliphatic carbocycles. The number of hydrogen-bond donors (Lipinski definition) is 1. The van der Waals surface area contributed by atoms with Crippen LogP contribution in [0, 0.1) is 11.6 Å². The van der Waals surface area contributed by atoms with Crippen molar-refractivity contribution in [2.24, 2.45) is 0 Å². The number of benzene rings is 1. The number of methoxy groups -OCH3 is 1. The second-order valence-corrected chi connectivity index (χ2v) is 6.15. The zero-order valence-electron chi connectivity index (χ0n) is 13.0. The van der Waals surface area contributed by atoms with Gasteiger partial charge in [0.15, 0.2) is 0 Å². The van der Waals surface area contributed by atoms with Crippen LogP contribution >= 0.6 is 0 Å². The van der Waals surface area contributed by atoms with Crippen LogP contribution in [-0.2, 0) is 11.3 Å². The SMILES string of the molecule is COCCNCc1cc(F)c(N2CCCC2(C)C)c(F)c1. The molecule has 21 heavy (non-hydrogen) atoms. The largest absolute Gasteiger partial charge is 0.383 e. The van der Waals surface area contributed by atoms with Crippen LogP contribution in [0.15, 0.2) is 12.1 Å². The van der Waals surface area contributed by atoms with Crippen LogP contribution in [0.4, 0.5) is 14.5 Å². The van der Waals surface area contributed by atoms with Crippen molar-refractivity contribution in [3.63, 3.8) is 0 Å². The molecule has 1 aromatic rings. The zero-order valence-corrected chi connectivity index (χ0v) is 13.0. The summed E-state index contributed by atoms with van der Waals surface area (Å²) in [6.45, 7) is 6.41. The summed E-state index contributed by atoms with van der Waals surface area (Å²) in [6, 6.07) is 2.85. The van der Waals surface area contributed by atoms with E-state index in [9.17, 15) is 8.78 Å². The molecule has 0 saturated carbocycles. The monoisotopic (exact) mass is 298 g/mol. The highest BCUT2D eigenvalue weighted by Gasteiger charge is 2.35. The topological polar surface area (TPSA) is 24.5 Å². The second-order valence-electron chi connectivity index (χ2n) is 6.15. The van der Waals surface area contributed by atoms with Crippen LogP contribution in [0.3, 0.4) is 0 Å². The van der Waals surface area contributed by atoms with Crippen molar-refractivity contribution in [2.75, 3.05) is 31.7 Å². The molecule has 0 bridgehead atoms. The quantitative estimate of drug-likeness (QED) is 0.817. The Morgan fingerprint density at radius 3 is 2.48 bits per heavy atom. The molecular weight excluding hydrogens is 274 g/mol. The highest BCUT2D eigenvalue weighted by Crippen LogP contribution is 2.37. The normalized spacial score (nSPS) is 17.5. The Morgan fingerprint density at radius 2 is 1.95 bits per heavy atom. The Kier molecular flexibility index (Phi) is 5.17. The third-order valence-corrected chi connectivity index (χ3v) is 4.06. The van der Waals surface area contributed by atoms with Crippen LogP contribution in [0.5, 0.6) is 0 Å². The standard InChI is InChI=1S/C16H24F2N2O/c1-16(2)5-4-7-20(16)15-13(17)9-12(10-14(15)18)11-19-6-8-21-3/h9-10,19H,4-8,11H2,1-3H3. The maximum atomic E-state index is 14.3. The number of nitrogens with zero attached hydrogens (tertiary/aromatic N) is 1. The Hall–Kier alpha value is -1.20. The molecule has 1 aliphatic rings. The highest BCUT2D eigenvalue weighted by molar-refractivity contribution is 5.53. The molecule has 1 heterocycles. The minimum atomic E-state index is -0.478. The Morgan fingerprint density at radius 1 is 1.29 bits per heavy atom. The van der Waals surface area contributed by atoms with Crippen molar-refractivity contribution in [2.45, 2.75) is 38.8 Å². The molecule has 0 aromatic heterocycles. The molecule has 2 rings (SSSR count). The van der Waals surface area contributed by atoms with Crippen molar-refractivity contribution in [3.05, 3.63) is 29.3 Å². The van der Waals surface area contributed by atoms with Crippen molar-refractivity contribution in [1.29, 1.82) is 0 Å². The lowest BCUT2D eigenvalue weighted by Gasteiger charge is -2.34. The third-order valence-electron chi connectivity index (χ3n) is 4.06. The van der Waals surface area contributed by atoms with E-state index in [0.717, 1.165) is 12.8 Å². The smallest absolute Gasteiger partial charge is 0.149 e. The lowest BCUT2D eigenvalue weighted by molar-refractivity contribution is 0.199. The van der Waals surface area contributed by atoms with Gasteiger partial charge in [0.25, 0.3) is 0 Å². The van der Waals surface area contributed by atoms with E-state index >= 15 is 0 Å². The lowest BCUT2D eigenvalue weighted by atomic mass is 10.0. The second kappa shape index (κ2) is 6.71. The molecule has 0 spiro atoms. The molecule has 0 amide bonds. The van der Waals surface area contributed by atoms with E-state index in [0.29, 0.717) is 31.8 Å². The van der Waals surface area contributed by atoms with E-state index in [1.54, 1.807) is 7.11 Å². The van der Waals surface area contributed by atoms with Crippen molar-refractivity contribution >= 4 is 5.69 Å².